The highest BCUT2D eigenvalue weighted by Gasteiger charge is 2.46. The van der Waals surface area contributed by atoms with Gasteiger partial charge in [0.15, 0.2) is 0 Å². The van der Waals surface area contributed by atoms with Crippen LogP contribution in [0.3, 0.4) is 0 Å². The highest BCUT2D eigenvalue weighted by atomic mass is 31.2. The molecule has 2 saturated heterocycles. The second kappa shape index (κ2) is 8.84. The van der Waals surface area contributed by atoms with Crippen LogP contribution in [0.5, 0.6) is 0 Å². The Morgan fingerprint density at radius 2 is 1.56 bits per heavy atom. The number of aliphatic hydroxyl groups excluding tert-OH is 4. The summed E-state index contributed by atoms with van der Waals surface area (Å²) in [6.07, 6.45) is -2.56. The first-order chi connectivity index (χ1) is 11.7. The first kappa shape index (κ1) is 21.4. The zero-order valence-electron chi connectivity index (χ0n) is 14.2. The first-order valence-electron chi connectivity index (χ1n) is 8.08. The van der Waals surface area contributed by atoms with Gasteiger partial charge in [0, 0.05) is 0 Å². The van der Waals surface area contributed by atoms with E-state index in [-0.39, 0.29) is 6.61 Å². The molecule has 2 aliphatic rings. The van der Waals surface area contributed by atoms with E-state index in [0.717, 1.165) is 0 Å². The van der Waals surface area contributed by atoms with E-state index >= 15 is 0 Å². The molecule has 2 radical (unpaired) electrons. The molecular weight excluding hydrogens is 353 g/mol. The molecule has 2 aliphatic heterocycles. The molecule has 0 amide bonds. The number of rotatable bonds is 8. The molecule has 25 heavy (non-hydrogen) atoms. The van der Waals surface area contributed by atoms with E-state index in [9.17, 15) is 25.3 Å². The van der Waals surface area contributed by atoms with Crippen LogP contribution in [-0.2, 0) is 18.5 Å². The molecule has 142 valence electrons. The summed E-state index contributed by atoms with van der Waals surface area (Å²) < 4.78 is 21.5. The van der Waals surface area contributed by atoms with Crippen molar-refractivity contribution in [2.24, 2.45) is 0 Å². The third-order valence-electron chi connectivity index (χ3n) is 4.33. The van der Waals surface area contributed by atoms with Gasteiger partial charge in [-0.25, -0.2) is 0 Å². The van der Waals surface area contributed by atoms with Crippen molar-refractivity contribution in [2.45, 2.75) is 62.3 Å². The van der Waals surface area contributed by atoms with Crippen molar-refractivity contribution >= 4 is 28.4 Å². The highest BCUT2D eigenvalue weighted by molar-refractivity contribution is 7.58. The summed E-state index contributed by atoms with van der Waals surface area (Å²) in [7, 11) is -0.420. The molecular formula is C13H25B2O9P. The summed E-state index contributed by atoms with van der Waals surface area (Å²) in [5.41, 5.74) is 0. The molecule has 9 atom stereocenters. The molecule has 0 saturated carbocycles. The van der Waals surface area contributed by atoms with Crippen molar-refractivity contribution in [1.82, 2.24) is 0 Å². The summed E-state index contributed by atoms with van der Waals surface area (Å²) in [4.78, 5) is 10.3. The van der Waals surface area contributed by atoms with Crippen molar-refractivity contribution in [3.63, 3.8) is 0 Å². The van der Waals surface area contributed by atoms with Gasteiger partial charge in [-0.1, -0.05) is 13.6 Å². The molecule has 2 fully saturated rings. The molecule has 0 aliphatic carbocycles. The van der Waals surface area contributed by atoms with Gasteiger partial charge >= 0.3 is 0 Å². The molecule has 0 aromatic rings. The Bertz CT molecular complexity index is 482. The van der Waals surface area contributed by atoms with E-state index in [1.807, 2.05) is 0 Å². The van der Waals surface area contributed by atoms with E-state index in [1.54, 1.807) is 28.2 Å². The van der Waals surface area contributed by atoms with Crippen molar-refractivity contribution in [3.05, 3.63) is 0 Å². The maximum atomic E-state index is 10.3. The fourth-order valence-electron chi connectivity index (χ4n) is 2.92. The first-order valence-corrected chi connectivity index (χ1v) is 9.84. The number of hydrogen-bond acceptors (Lipinski definition) is 9. The number of ether oxygens (including phenoxy) is 2. The van der Waals surface area contributed by atoms with Crippen molar-refractivity contribution < 1.29 is 43.8 Å². The highest BCUT2D eigenvalue weighted by Crippen LogP contribution is 2.47. The predicted molar refractivity (Wildman–Crippen MR) is 92.7 cm³/mol. The summed E-state index contributed by atoms with van der Waals surface area (Å²) in [6.45, 7) is 2.72. The molecule has 0 bridgehead atoms. The quantitative estimate of drug-likeness (QED) is 0.231. The fraction of sp³-hybridized carbons (Fsp3) is 0.923. The van der Waals surface area contributed by atoms with Crippen LogP contribution in [0.25, 0.3) is 0 Å². The standard InChI is InChI=1S/C13H25B2O9P/c1-14-12-9(18)8(17)7(23-12)5-21-25(3,20)24-11-6(4-16)22-13(15-2)10(11)19/h6-13,16-20H,3-5H2,1-2H3/t6-,7-,8+,9?,10?,11+,12-,13-,25?/m1/s1. The second-order valence-electron chi connectivity index (χ2n) is 6.10. The Hall–Kier alpha value is 0.0699. The maximum absolute atomic E-state index is 10.3. The van der Waals surface area contributed by atoms with Crippen LogP contribution < -0.4 is 0 Å². The van der Waals surface area contributed by atoms with E-state index in [1.165, 1.54) is 0 Å². The van der Waals surface area contributed by atoms with Crippen LogP contribution in [0.2, 0.25) is 13.6 Å². The van der Waals surface area contributed by atoms with Gasteiger partial charge in [-0.2, -0.15) is 0 Å². The molecule has 2 rings (SSSR count). The average Bonchev–Trinajstić information content (AvgIpc) is 3.03. The number of aliphatic hydroxyl groups is 4. The lowest BCUT2D eigenvalue weighted by molar-refractivity contribution is -0.0240. The molecule has 12 heteroatoms. The van der Waals surface area contributed by atoms with Gasteiger partial charge in [-0.05, 0) is 6.30 Å². The molecule has 0 aromatic carbocycles. The third-order valence-corrected chi connectivity index (χ3v) is 5.46. The van der Waals surface area contributed by atoms with Gasteiger partial charge in [0.05, 0.1) is 25.2 Å². The molecule has 3 unspecified atom stereocenters. The Labute approximate surface area is 148 Å². The lowest BCUT2D eigenvalue weighted by Crippen LogP contribution is -2.38. The minimum Gasteiger partial charge on any atom is -0.394 e. The Kier molecular flexibility index (Phi) is 7.56. The van der Waals surface area contributed by atoms with Crippen LogP contribution in [0.4, 0.5) is 0 Å². The molecule has 9 nitrogen and oxygen atoms in total. The normalized spacial score (nSPS) is 43.8. The maximum Gasteiger partial charge on any atom is 0.248 e. The van der Waals surface area contributed by atoms with E-state index in [2.05, 4.69) is 6.30 Å². The van der Waals surface area contributed by atoms with Gasteiger partial charge in [0.25, 0.3) is 0 Å². The smallest absolute Gasteiger partial charge is 0.248 e. The minimum absolute atomic E-state index is 0.257. The van der Waals surface area contributed by atoms with E-state index < -0.39 is 62.8 Å². The summed E-state index contributed by atoms with van der Waals surface area (Å²) in [5.74, 6) is 0. The summed E-state index contributed by atoms with van der Waals surface area (Å²) >= 11 is 0. The van der Waals surface area contributed by atoms with Crippen LogP contribution in [0, 0.1) is 0 Å². The predicted octanol–water partition coefficient (Wildman–Crippen LogP) is -2.40. The van der Waals surface area contributed by atoms with Crippen LogP contribution in [-0.4, -0.2) is 108 Å². The Morgan fingerprint density at radius 1 is 1.00 bits per heavy atom. The zero-order chi connectivity index (χ0) is 18.8. The zero-order valence-corrected chi connectivity index (χ0v) is 15.1. The number of hydrogen-bond donors (Lipinski definition) is 5. The lowest BCUT2D eigenvalue weighted by Gasteiger charge is -2.27. The minimum atomic E-state index is -3.64. The summed E-state index contributed by atoms with van der Waals surface area (Å²) in [5, 5.41) is 39.2. The van der Waals surface area contributed by atoms with Gasteiger partial charge in [-0.15, -0.1) is 0 Å². The van der Waals surface area contributed by atoms with Gasteiger partial charge in [-0.3, -0.25) is 0 Å². The van der Waals surface area contributed by atoms with Crippen LogP contribution in [0.1, 0.15) is 0 Å². The monoisotopic (exact) mass is 378 g/mol. The van der Waals surface area contributed by atoms with Gasteiger partial charge < -0.3 is 43.8 Å². The largest absolute Gasteiger partial charge is 0.394 e. The second-order valence-corrected chi connectivity index (χ2v) is 7.85. The van der Waals surface area contributed by atoms with E-state index in [4.69, 9.17) is 18.5 Å². The lowest BCUT2D eigenvalue weighted by atomic mass is 9.72. The van der Waals surface area contributed by atoms with Crippen molar-refractivity contribution in [2.75, 3.05) is 13.2 Å². The fourth-order valence-corrected chi connectivity index (χ4v) is 4.00. The Morgan fingerprint density at radius 3 is 2.08 bits per heavy atom. The Balaban J connectivity index is 1.92. The van der Waals surface area contributed by atoms with Crippen LogP contribution >= 0.6 is 7.57 Å². The van der Waals surface area contributed by atoms with E-state index in [0.29, 0.717) is 0 Å². The van der Waals surface area contributed by atoms with Crippen molar-refractivity contribution in [1.29, 1.82) is 0 Å². The topological polar surface area (TPSA) is 138 Å². The summed E-state index contributed by atoms with van der Waals surface area (Å²) in [6, 6.07) is -1.27. The van der Waals surface area contributed by atoms with Gasteiger partial charge in [0.1, 0.15) is 51.2 Å². The van der Waals surface area contributed by atoms with Crippen molar-refractivity contribution in [3.8, 4) is 0 Å². The molecule has 5 N–H and O–H groups in total. The molecule has 2 heterocycles. The third kappa shape index (κ3) is 4.87. The molecule has 0 spiro atoms. The average molecular weight is 378 g/mol. The van der Waals surface area contributed by atoms with Gasteiger partial charge in [0.2, 0.25) is 7.57 Å². The molecule has 0 aromatic heterocycles. The van der Waals surface area contributed by atoms with Crippen LogP contribution in [0.15, 0.2) is 0 Å². The SMILES string of the molecule is C=P(O)(OC[C@H]1O[C@@H]([B]C)C(O)[C@H]1O)O[C@@H]1C(O)[C@H]([B]C)O[C@@H]1CO.